The zero-order valence-corrected chi connectivity index (χ0v) is 11.9. The summed E-state index contributed by atoms with van der Waals surface area (Å²) >= 11 is 0. The quantitative estimate of drug-likeness (QED) is 0.802. The van der Waals surface area contributed by atoms with Crippen LogP contribution in [-0.4, -0.2) is 32.1 Å². The molecule has 102 valence electrons. The SMILES string of the molecule is CCCNC(c1ccccc1F)C(C)CN(C)C. The van der Waals surface area contributed by atoms with Gasteiger partial charge in [-0.15, -0.1) is 0 Å². The average molecular weight is 252 g/mol. The lowest BCUT2D eigenvalue weighted by Gasteiger charge is -2.28. The van der Waals surface area contributed by atoms with Gasteiger partial charge in [-0.2, -0.15) is 0 Å². The van der Waals surface area contributed by atoms with Crippen LogP contribution in [0.4, 0.5) is 4.39 Å². The molecule has 1 aromatic rings. The second kappa shape index (κ2) is 7.49. The van der Waals surface area contributed by atoms with E-state index in [1.807, 2.05) is 12.1 Å². The second-order valence-corrected chi connectivity index (χ2v) is 5.19. The molecule has 0 bridgehead atoms. The fourth-order valence-electron chi connectivity index (χ4n) is 2.33. The molecule has 0 saturated carbocycles. The van der Waals surface area contributed by atoms with Gasteiger partial charge in [-0.05, 0) is 39.0 Å². The lowest BCUT2D eigenvalue weighted by molar-refractivity contribution is 0.277. The number of nitrogens with one attached hydrogen (secondary N) is 1. The van der Waals surface area contributed by atoms with Crippen LogP contribution in [0.15, 0.2) is 24.3 Å². The van der Waals surface area contributed by atoms with Crippen molar-refractivity contribution in [3.8, 4) is 0 Å². The molecule has 1 aromatic carbocycles. The first-order chi connectivity index (χ1) is 8.56. The van der Waals surface area contributed by atoms with Crippen molar-refractivity contribution in [1.82, 2.24) is 10.2 Å². The van der Waals surface area contributed by atoms with E-state index in [2.05, 4.69) is 38.2 Å². The van der Waals surface area contributed by atoms with Crippen LogP contribution in [0.2, 0.25) is 0 Å². The molecule has 0 radical (unpaired) electrons. The third-order valence-corrected chi connectivity index (χ3v) is 3.08. The molecule has 0 spiro atoms. The highest BCUT2D eigenvalue weighted by Crippen LogP contribution is 2.24. The lowest BCUT2D eigenvalue weighted by atomic mass is 9.93. The average Bonchev–Trinajstić information content (AvgIpc) is 2.31. The van der Waals surface area contributed by atoms with Crippen LogP contribution in [0.3, 0.4) is 0 Å². The highest BCUT2D eigenvalue weighted by molar-refractivity contribution is 5.22. The number of halogens is 1. The monoisotopic (exact) mass is 252 g/mol. The fourth-order valence-corrected chi connectivity index (χ4v) is 2.33. The summed E-state index contributed by atoms with van der Waals surface area (Å²) < 4.78 is 13.9. The molecule has 2 unspecified atom stereocenters. The smallest absolute Gasteiger partial charge is 0.127 e. The largest absolute Gasteiger partial charge is 0.310 e. The summed E-state index contributed by atoms with van der Waals surface area (Å²) in [6, 6.07) is 7.15. The summed E-state index contributed by atoms with van der Waals surface area (Å²) in [5.41, 5.74) is 0.778. The number of benzene rings is 1. The van der Waals surface area contributed by atoms with Gasteiger partial charge < -0.3 is 10.2 Å². The van der Waals surface area contributed by atoms with Crippen LogP contribution < -0.4 is 5.32 Å². The summed E-state index contributed by atoms with van der Waals surface area (Å²) in [4.78, 5) is 2.14. The van der Waals surface area contributed by atoms with Gasteiger partial charge in [0.15, 0.2) is 0 Å². The Bertz CT molecular complexity index is 352. The van der Waals surface area contributed by atoms with E-state index in [1.165, 1.54) is 0 Å². The standard InChI is InChI=1S/C15H25FN2/c1-5-10-17-15(12(2)11-18(3)4)13-8-6-7-9-14(13)16/h6-9,12,15,17H,5,10-11H2,1-4H3. The molecule has 0 saturated heterocycles. The van der Waals surface area contributed by atoms with Crippen molar-refractivity contribution in [2.45, 2.75) is 26.3 Å². The van der Waals surface area contributed by atoms with Crippen molar-refractivity contribution in [3.05, 3.63) is 35.6 Å². The Kier molecular flexibility index (Phi) is 6.30. The molecular weight excluding hydrogens is 227 g/mol. The van der Waals surface area contributed by atoms with Crippen LogP contribution >= 0.6 is 0 Å². The van der Waals surface area contributed by atoms with Gasteiger partial charge >= 0.3 is 0 Å². The first-order valence-corrected chi connectivity index (χ1v) is 6.68. The van der Waals surface area contributed by atoms with Gasteiger partial charge in [0.1, 0.15) is 5.82 Å². The van der Waals surface area contributed by atoms with Crippen LogP contribution in [0, 0.1) is 11.7 Å². The van der Waals surface area contributed by atoms with Gasteiger partial charge in [-0.1, -0.05) is 32.0 Å². The number of hydrogen-bond donors (Lipinski definition) is 1. The molecule has 18 heavy (non-hydrogen) atoms. The zero-order chi connectivity index (χ0) is 13.5. The van der Waals surface area contributed by atoms with E-state index in [0.29, 0.717) is 5.92 Å². The van der Waals surface area contributed by atoms with Crippen molar-refractivity contribution in [2.24, 2.45) is 5.92 Å². The molecule has 0 aliphatic carbocycles. The first kappa shape index (κ1) is 15.1. The summed E-state index contributed by atoms with van der Waals surface area (Å²) in [6.07, 6.45) is 1.06. The van der Waals surface area contributed by atoms with E-state index >= 15 is 0 Å². The highest BCUT2D eigenvalue weighted by Gasteiger charge is 2.21. The third-order valence-electron chi connectivity index (χ3n) is 3.08. The maximum absolute atomic E-state index is 13.9. The number of nitrogens with zero attached hydrogens (tertiary/aromatic N) is 1. The molecule has 0 amide bonds. The molecule has 0 aliphatic rings. The number of rotatable bonds is 7. The Morgan fingerprint density at radius 3 is 2.50 bits per heavy atom. The van der Waals surface area contributed by atoms with Gasteiger partial charge in [0.25, 0.3) is 0 Å². The van der Waals surface area contributed by atoms with Crippen LogP contribution in [0.5, 0.6) is 0 Å². The van der Waals surface area contributed by atoms with Gasteiger partial charge in [-0.25, -0.2) is 4.39 Å². The fraction of sp³-hybridized carbons (Fsp3) is 0.600. The summed E-state index contributed by atoms with van der Waals surface area (Å²) in [5.74, 6) is 0.250. The van der Waals surface area contributed by atoms with E-state index in [4.69, 9.17) is 0 Å². The van der Waals surface area contributed by atoms with Crippen molar-refractivity contribution >= 4 is 0 Å². The lowest BCUT2D eigenvalue weighted by Crippen LogP contribution is -2.33. The molecule has 3 heteroatoms. The Labute approximate surface area is 110 Å². The van der Waals surface area contributed by atoms with E-state index in [-0.39, 0.29) is 11.9 Å². The van der Waals surface area contributed by atoms with Gasteiger partial charge in [0.05, 0.1) is 0 Å². The summed E-state index contributed by atoms with van der Waals surface area (Å²) in [6.45, 7) is 6.15. The van der Waals surface area contributed by atoms with Crippen LogP contribution in [0.1, 0.15) is 31.9 Å². The Morgan fingerprint density at radius 1 is 1.28 bits per heavy atom. The molecule has 1 rings (SSSR count). The van der Waals surface area contributed by atoms with Crippen molar-refractivity contribution in [2.75, 3.05) is 27.2 Å². The van der Waals surface area contributed by atoms with E-state index in [9.17, 15) is 4.39 Å². The van der Waals surface area contributed by atoms with Crippen molar-refractivity contribution < 1.29 is 4.39 Å². The van der Waals surface area contributed by atoms with Gasteiger partial charge in [0.2, 0.25) is 0 Å². The minimum atomic E-state index is -0.114. The van der Waals surface area contributed by atoms with Crippen LogP contribution in [0.25, 0.3) is 0 Å². The van der Waals surface area contributed by atoms with Crippen molar-refractivity contribution in [1.29, 1.82) is 0 Å². The van der Waals surface area contributed by atoms with Crippen molar-refractivity contribution in [3.63, 3.8) is 0 Å². The number of hydrogen-bond acceptors (Lipinski definition) is 2. The van der Waals surface area contributed by atoms with Gasteiger partial charge in [0, 0.05) is 18.2 Å². The third kappa shape index (κ3) is 4.39. The maximum Gasteiger partial charge on any atom is 0.127 e. The van der Waals surface area contributed by atoms with E-state index in [0.717, 1.165) is 25.1 Å². The maximum atomic E-state index is 13.9. The molecule has 2 atom stereocenters. The van der Waals surface area contributed by atoms with Crippen LogP contribution in [-0.2, 0) is 0 Å². The van der Waals surface area contributed by atoms with Gasteiger partial charge in [-0.3, -0.25) is 0 Å². The molecule has 0 fully saturated rings. The Morgan fingerprint density at radius 2 is 1.94 bits per heavy atom. The highest BCUT2D eigenvalue weighted by atomic mass is 19.1. The van der Waals surface area contributed by atoms with E-state index in [1.54, 1.807) is 12.1 Å². The minimum absolute atomic E-state index is 0.0774. The first-order valence-electron chi connectivity index (χ1n) is 6.68. The predicted molar refractivity (Wildman–Crippen MR) is 75.2 cm³/mol. The molecule has 0 aromatic heterocycles. The normalized spacial score (nSPS) is 14.8. The summed E-state index contributed by atoms with van der Waals surface area (Å²) in [5, 5.41) is 3.46. The zero-order valence-electron chi connectivity index (χ0n) is 11.9. The molecule has 0 heterocycles. The Hall–Kier alpha value is -0.930. The predicted octanol–water partition coefficient (Wildman–Crippen LogP) is 3.06. The summed E-state index contributed by atoms with van der Waals surface area (Å²) in [7, 11) is 4.10. The van der Waals surface area contributed by atoms with E-state index < -0.39 is 0 Å². The molecule has 0 aliphatic heterocycles. The molecule has 1 N–H and O–H groups in total. The Balaban J connectivity index is 2.87. The molecule has 2 nitrogen and oxygen atoms in total. The molecular formula is C15H25FN2. The topological polar surface area (TPSA) is 15.3 Å². The minimum Gasteiger partial charge on any atom is -0.310 e. The second-order valence-electron chi connectivity index (χ2n) is 5.19.